The molecule has 0 atom stereocenters. The molecule has 7 nitrogen and oxygen atoms in total. The van der Waals surface area contributed by atoms with Gasteiger partial charge in [0, 0.05) is 22.8 Å². The maximum Gasteiger partial charge on any atom is 0.276 e. The van der Waals surface area contributed by atoms with Gasteiger partial charge in [0.25, 0.3) is 11.8 Å². The van der Waals surface area contributed by atoms with E-state index in [0.29, 0.717) is 10.3 Å². The summed E-state index contributed by atoms with van der Waals surface area (Å²) in [6, 6.07) is 9.64. The zero-order valence-electron chi connectivity index (χ0n) is 15.2. The number of amides is 2. The third-order valence-electron chi connectivity index (χ3n) is 3.89. The van der Waals surface area contributed by atoms with Crippen molar-refractivity contribution in [1.82, 2.24) is 20.6 Å². The number of benzene rings is 1. The van der Waals surface area contributed by atoms with Crippen LogP contribution in [0.1, 0.15) is 21.5 Å². The minimum Gasteiger partial charge on any atom is -0.483 e. The van der Waals surface area contributed by atoms with Crippen LogP contribution in [-0.2, 0) is 16.1 Å². The van der Waals surface area contributed by atoms with Gasteiger partial charge in [0.15, 0.2) is 6.61 Å². The van der Waals surface area contributed by atoms with Crippen LogP contribution >= 0.6 is 23.5 Å². The molecule has 0 saturated carbocycles. The number of nitrogens with zero attached hydrogens (tertiary/aromatic N) is 2. The number of nitrogens with one attached hydrogen (secondary N) is 2. The van der Waals surface area contributed by atoms with Crippen molar-refractivity contribution in [2.75, 3.05) is 18.1 Å². The van der Waals surface area contributed by atoms with Gasteiger partial charge in [0.1, 0.15) is 12.3 Å². The quantitative estimate of drug-likeness (QED) is 0.716. The van der Waals surface area contributed by atoms with Crippen molar-refractivity contribution in [3.8, 4) is 5.75 Å². The first-order valence-electron chi connectivity index (χ1n) is 8.56. The number of ether oxygens (including phenoxy) is 1. The first-order valence-corrected chi connectivity index (χ1v) is 10.7. The van der Waals surface area contributed by atoms with E-state index in [1.54, 1.807) is 4.68 Å². The summed E-state index contributed by atoms with van der Waals surface area (Å²) in [5, 5.41) is 4.22. The molecule has 144 valence electrons. The van der Waals surface area contributed by atoms with Crippen LogP contribution in [0.4, 0.5) is 0 Å². The fourth-order valence-corrected chi connectivity index (χ4v) is 5.58. The molecule has 0 unspecified atom stereocenters. The summed E-state index contributed by atoms with van der Waals surface area (Å²) in [6.45, 7) is 3.61. The van der Waals surface area contributed by atoms with E-state index < -0.39 is 5.91 Å². The minimum atomic E-state index is -0.418. The Morgan fingerprint density at radius 3 is 2.59 bits per heavy atom. The van der Waals surface area contributed by atoms with E-state index in [0.717, 1.165) is 28.5 Å². The Morgan fingerprint density at radius 2 is 1.89 bits per heavy atom. The lowest BCUT2D eigenvalue weighted by Crippen LogP contribution is -2.45. The van der Waals surface area contributed by atoms with Crippen LogP contribution in [-0.4, -0.2) is 39.7 Å². The average molecular weight is 407 g/mol. The van der Waals surface area contributed by atoms with E-state index in [1.165, 1.54) is 0 Å². The zero-order valence-corrected chi connectivity index (χ0v) is 16.9. The number of aromatic nitrogens is 2. The number of para-hydroxylation sites is 1. The number of carbonyl (C=O) groups is 2. The second-order valence-electron chi connectivity index (χ2n) is 6.08. The number of hydrogen-bond donors (Lipinski definition) is 2. The van der Waals surface area contributed by atoms with Crippen LogP contribution in [0.3, 0.4) is 0 Å². The van der Waals surface area contributed by atoms with Crippen LogP contribution in [0.25, 0.3) is 0 Å². The SMILES string of the molecule is Cc1cc(C)n(CC(=O)NNC(=O)COc2ccccc2C2SCCS2)n1. The lowest BCUT2D eigenvalue weighted by atomic mass is 10.2. The lowest BCUT2D eigenvalue weighted by molar-refractivity contribution is -0.130. The van der Waals surface area contributed by atoms with Gasteiger partial charge in [-0.15, -0.1) is 23.5 Å². The predicted molar refractivity (Wildman–Crippen MR) is 108 cm³/mol. The fourth-order valence-electron chi connectivity index (χ4n) is 2.67. The Kier molecular flexibility index (Phi) is 6.68. The molecule has 1 saturated heterocycles. The molecule has 1 aromatic heterocycles. The number of hydrazine groups is 1. The number of carbonyl (C=O) groups excluding carboxylic acids is 2. The molecular weight excluding hydrogens is 384 g/mol. The topological polar surface area (TPSA) is 85.2 Å². The van der Waals surface area contributed by atoms with E-state index in [9.17, 15) is 9.59 Å². The fraction of sp³-hybridized carbons (Fsp3) is 0.389. The Hall–Kier alpha value is -2.13. The Morgan fingerprint density at radius 1 is 1.19 bits per heavy atom. The predicted octanol–water partition coefficient (Wildman–Crippen LogP) is 2.20. The van der Waals surface area contributed by atoms with Crippen molar-refractivity contribution in [2.45, 2.75) is 25.0 Å². The summed E-state index contributed by atoms with van der Waals surface area (Å²) in [5.41, 5.74) is 7.58. The molecule has 2 aromatic rings. The van der Waals surface area contributed by atoms with Gasteiger partial charge in [-0.05, 0) is 26.0 Å². The summed E-state index contributed by atoms with van der Waals surface area (Å²) in [6.07, 6.45) is 0. The second-order valence-corrected chi connectivity index (χ2v) is 8.81. The van der Waals surface area contributed by atoms with Crippen molar-refractivity contribution in [3.63, 3.8) is 0 Å². The van der Waals surface area contributed by atoms with Crippen molar-refractivity contribution in [2.24, 2.45) is 0 Å². The van der Waals surface area contributed by atoms with Crippen molar-refractivity contribution in [1.29, 1.82) is 0 Å². The number of hydrogen-bond acceptors (Lipinski definition) is 6. The monoisotopic (exact) mass is 406 g/mol. The summed E-state index contributed by atoms with van der Waals surface area (Å²) < 4.78 is 7.60. The molecule has 0 radical (unpaired) electrons. The molecule has 0 spiro atoms. The highest BCUT2D eigenvalue weighted by atomic mass is 32.2. The molecule has 9 heteroatoms. The van der Waals surface area contributed by atoms with Gasteiger partial charge >= 0.3 is 0 Å². The molecule has 0 aliphatic carbocycles. The van der Waals surface area contributed by atoms with Gasteiger partial charge in [-0.1, -0.05) is 18.2 Å². The van der Waals surface area contributed by atoms with E-state index in [-0.39, 0.29) is 19.1 Å². The molecular formula is C18H22N4O3S2. The Bertz CT molecular complexity index is 819. The molecule has 0 bridgehead atoms. The first-order chi connectivity index (χ1) is 13.0. The first kappa shape index (κ1) is 19.6. The molecule has 2 heterocycles. The van der Waals surface area contributed by atoms with E-state index in [4.69, 9.17) is 4.74 Å². The van der Waals surface area contributed by atoms with Gasteiger partial charge in [-0.2, -0.15) is 5.10 Å². The number of thioether (sulfide) groups is 2. The van der Waals surface area contributed by atoms with Crippen LogP contribution in [0.5, 0.6) is 5.75 Å². The van der Waals surface area contributed by atoms with E-state index in [2.05, 4.69) is 16.0 Å². The van der Waals surface area contributed by atoms with E-state index in [1.807, 2.05) is 67.7 Å². The Balaban J connectivity index is 1.46. The Labute approximate surface area is 166 Å². The highest BCUT2D eigenvalue weighted by Gasteiger charge is 2.21. The molecule has 3 rings (SSSR count). The van der Waals surface area contributed by atoms with Crippen LogP contribution in [0.15, 0.2) is 30.3 Å². The maximum absolute atomic E-state index is 12.0. The molecule has 2 N–H and O–H groups in total. The molecule has 1 fully saturated rings. The van der Waals surface area contributed by atoms with Gasteiger partial charge < -0.3 is 4.74 Å². The molecule has 2 amide bonds. The zero-order chi connectivity index (χ0) is 19.2. The van der Waals surface area contributed by atoms with Gasteiger partial charge in [-0.25, -0.2) is 0 Å². The highest BCUT2D eigenvalue weighted by molar-refractivity contribution is 8.19. The third kappa shape index (κ3) is 5.43. The normalized spacial score (nSPS) is 14.1. The highest BCUT2D eigenvalue weighted by Crippen LogP contribution is 2.48. The van der Waals surface area contributed by atoms with Crippen LogP contribution < -0.4 is 15.6 Å². The number of rotatable bonds is 6. The third-order valence-corrected chi connectivity index (χ3v) is 6.96. The summed E-state index contributed by atoms with van der Waals surface area (Å²) >= 11 is 3.76. The van der Waals surface area contributed by atoms with Gasteiger partial charge in [-0.3, -0.25) is 25.1 Å². The molecule has 1 aliphatic rings. The lowest BCUT2D eigenvalue weighted by Gasteiger charge is -2.15. The van der Waals surface area contributed by atoms with E-state index >= 15 is 0 Å². The minimum absolute atomic E-state index is 0.0414. The second kappa shape index (κ2) is 9.18. The van der Waals surface area contributed by atoms with Crippen LogP contribution in [0, 0.1) is 13.8 Å². The van der Waals surface area contributed by atoms with Crippen molar-refractivity contribution >= 4 is 35.3 Å². The smallest absolute Gasteiger partial charge is 0.276 e. The van der Waals surface area contributed by atoms with Crippen molar-refractivity contribution in [3.05, 3.63) is 47.3 Å². The number of aryl methyl sites for hydroxylation is 2. The summed E-state index contributed by atoms with van der Waals surface area (Å²) in [4.78, 5) is 23.9. The van der Waals surface area contributed by atoms with Crippen molar-refractivity contribution < 1.29 is 14.3 Å². The molecule has 1 aliphatic heterocycles. The standard InChI is InChI=1S/C18H22N4O3S2/c1-12-9-13(2)22(21-12)10-16(23)19-20-17(24)11-25-15-6-4-3-5-14(15)18-26-7-8-27-18/h3-6,9,18H,7-8,10-11H2,1-2H3,(H,19,23)(H,20,24). The molecule has 1 aromatic carbocycles. The van der Waals surface area contributed by atoms with Crippen LogP contribution in [0.2, 0.25) is 0 Å². The average Bonchev–Trinajstić information content (AvgIpc) is 3.28. The van der Waals surface area contributed by atoms with Gasteiger partial charge in [0.2, 0.25) is 0 Å². The largest absolute Gasteiger partial charge is 0.483 e. The summed E-state index contributed by atoms with van der Waals surface area (Å²) in [7, 11) is 0. The molecule has 27 heavy (non-hydrogen) atoms. The summed E-state index contributed by atoms with van der Waals surface area (Å²) in [5.74, 6) is 2.16. The van der Waals surface area contributed by atoms with Gasteiger partial charge in [0.05, 0.1) is 10.3 Å². The maximum atomic E-state index is 12.0.